The molecule has 0 amide bonds. The Morgan fingerprint density at radius 2 is 2.00 bits per heavy atom. The summed E-state index contributed by atoms with van der Waals surface area (Å²) in [6, 6.07) is 3.59. The molecule has 3 rings (SSSR count). The summed E-state index contributed by atoms with van der Waals surface area (Å²) >= 11 is 9.63. The largest absolute Gasteiger partial charge is 0.489 e. The first-order valence-electron chi connectivity index (χ1n) is 6.45. The maximum atomic E-state index is 6.28. The molecule has 0 atom stereocenters. The number of fused-ring (bicyclic) bond motifs is 1. The number of halogens is 2. The molecule has 110 valence electrons. The van der Waals surface area contributed by atoms with Crippen LogP contribution in [0.2, 0.25) is 5.02 Å². The number of anilines is 1. The van der Waals surface area contributed by atoms with Crippen LogP contribution in [0.3, 0.4) is 0 Å². The van der Waals surface area contributed by atoms with Crippen LogP contribution in [0, 0.1) is 6.92 Å². The first-order chi connectivity index (χ1) is 10.1. The van der Waals surface area contributed by atoms with Gasteiger partial charge in [0.15, 0.2) is 17.3 Å². The second-order valence-electron chi connectivity index (χ2n) is 4.67. The van der Waals surface area contributed by atoms with E-state index < -0.39 is 0 Å². The van der Waals surface area contributed by atoms with E-state index in [9.17, 15) is 0 Å². The highest BCUT2D eigenvalue weighted by molar-refractivity contribution is 9.10. The molecule has 1 aliphatic heterocycles. The molecule has 0 fully saturated rings. The van der Waals surface area contributed by atoms with Gasteiger partial charge >= 0.3 is 0 Å². The maximum Gasteiger partial charge on any atom is 0.179 e. The van der Waals surface area contributed by atoms with E-state index in [2.05, 4.69) is 25.9 Å². The van der Waals surface area contributed by atoms with E-state index in [1.54, 1.807) is 6.07 Å². The molecule has 1 aliphatic rings. The number of ether oxygens (including phenoxy) is 2. The molecule has 1 aromatic heterocycles. The number of aromatic nitrogens is 2. The Hall–Kier alpha value is -1.53. The van der Waals surface area contributed by atoms with Gasteiger partial charge in [-0.1, -0.05) is 11.6 Å². The molecular weight excluding hydrogens is 358 g/mol. The molecule has 7 heteroatoms. The Morgan fingerprint density at radius 3 is 2.76 bits per heavy atom. The summed E-state index contributed by atoms with van der Waals surface area (Å²) < 4.78 is 12.0. The predicted molar refractivity (Wildman–Crippen MR) is 84.9 cm³/mol. The smallest absolute Gasteiger partial charge is 0.179 e. The number of benzene rings is 1. The SMILES string of the molecule is Cc1nc(-c2cc(Cl)c3c(c2)OCCCO3)nc(N)c1Br. The van der Waals surface area contributed by atoms with Gasteiger partial charge in [-0.15, -0.1) is 0 Å². The van der Waals surface area contributed by atoms with E-state index in [1.165, 1.54) is 0 Å². The van der Waals surface area contributed by atoms with Crippen LogP contribution in [-0.2, 0) is 0 Å². The van der Waals surface area contributed by atoms with Crippen molar-refractivity contribution in [3.63, 3.8) is 0 Å². The first-order valence-corrected chi connectivity index (χ1v) is 7.62. The fourth-order valence-corrected chi connectivity index (χ4v) is 2.51. The highest BCUT2D eigenvalue weighted by atomic mass is 79.9. The van der Waals surface area contributed by atoms with E-state index in [-0.39, 0.29) is 0 Å². The standard InChI is InChI=1S/C14H13BrClN3O2/c1-7-11(15)13(17)19-14(18-7)8-5-9(16)12-10(6-8)20-3-2-4-21-12/h5-6H,2-4H2,1H3,(H2,17,18,19). The summed E-state index contributed by atoms with van der Waals surface area (Å²) in [7, 11) is 0. The minimum atomic E-state index is 0.390. The van der Waals surface area contributed by atoms with Crippen molar-refractivity contribution in [1.29, 1.82) is 0 Å². The molecule has 0 unspecified atom stereocenters. The van der Waals surface area contributed by atoms with Gasteiger partial charge in [-0.2, -0.15) is 0 Å². The van der Waals surface area contributed by atoms with E-state index in [0.29, 0.717) is 45.9 Å². The molecule has 0 saturated carbocycles. The van der Waals surface area contributed by atoms with Crippen molar-refractivity contribution < 1.29 is 9.47 Å². The lowest BCUT2D eigenvalue weighted by atomic mass is 10.2. The number of aryl methyl sites for hydroxylation is 1. The third-order valence-corrected chi connectivity index (χ3v) is 4.36. The molecule has 0 spiro atoms. The van der Waals surface area contributed by atoms with Gasteiger partial charge in [0.25, 0.3) is 0 Å². The van der Waals surface area contributed by atoms with Crippen LogP contribution < -0.4 is 15.2 Å². The van der Waals surface area contributed by atoms with Crippen molar-refractivity contribution in [3.05, 3.63) is 27.3 Å². The quantitative estimate of drug-likeness (QED) is 0.830. The molecule has 1 aromatic carbocycles. The molecule has 2 heterocycles. The molecule has 0 radical (unpaired) electrons. The van der Waals surface area contributed by atoms with Crippen LogP contribution in [-0.4, -0.2) is 23.2 Å². The summed E-state index contributed by atoms with van der Waals surface area (Å²) in [5.41, 5.74) is 7.38. The van der Waals surface area contributed by atoms with E-state index in [4.69, 9.17) is 26.8 Å². The van der Waals surface area contributed by atoms with Crippen molar-refractivity contribution in [2.75, 3.05) is 18.9 Å². The molecular formula is C14H13BrClN3O2. The minimum Gasteiger partial charge on any atom is -0.489 e. The van der Waals surface area contributed by atoms with Crippen LogP contribution in [0.1, 0.15) is 12.1 Å². The van der Waals surface area contributed by atoms with Crippen LogP contribution in [0.4, 0.5) is 5.82 Å². The summed E-state index contributed by atoms with van der Waals surface area (Å²) in [4.78, 5) is 8.71. The molecule has 21 heavy (non-hydrogen) atoms. The maximum absolute atomic E-state index is 6.28. The topological polar surface area (TPSA) is 70.3 Å². The Kier molecular flexibility index (Phi) is 3.91. The molecule has 2 N–H and O–H groups in total. The first kappa shape index (κ1) is 14.4. The zero-order valence-electron chi connectivity index (χ0n) is 11.3. The Morgan fingerprint density at radius 1 is 1.24 bits per heavy atom. The second-order valence-corrected chi connectivity index (χ2v) is 5.87. The number of nitrogen functional groups attached to an aromatic ring is 1. The predicted octanol–water partition coefficient (Wildman–Crippen LogP) is 3.61. The summed E-state index contributed by atoms with van der Waals surface area (Å²) in [6.45, 7) is 3.04. The fourth-order valence-electron chi connectivity index (χ4n) is 2.07. The van der Waals surface area contributed by atoms with Gasteiger partial charge in [0.1, 0.15) is 5.82 Å². The highest BCUT2D eigenvalue weighted by Gasteiger charge is 2.18. The van der Waals surface area contributed by atoms with Crippen LogP contribution in [0.25, 0.3) is 11.4 Å². The number of nitrogens with zero attached hydrogens (tertiary/aromatic N) is 2. The molecule has 2 aromatic rings. The van der Waals surface area contributed by atoms with Gasteiger partial charge < -0.3 is 15.2 Å². The van der Waals surface area contributed by atoms with Crippen LogP contribution >= 0.6 is 27.5 Å². The number of hydrogen-bond acceptors (Lipinski definition) is 5. The van der Waals surface area contributed by atoms with Crippen molar-refractivity contribution >= 4 is 33.3 Å². The van der Waals surface area contributed by atoms with Crippen molar-refractivity contribution in [2.45, 2.75) is 13.3 Å². The van der Waals surface area contributed by atoms with Gasteiger partial charge in [-0.25, -0.2) is 9.97 Å². The third-order valence-electron chi connectivity index (χ3n) is 3.10. The molecule has 0 aliphatic carbocycles. The van der Waals surface area contributed by atoms with E-state index in [0.717, 1.165) is 17.7 Å². The van der Waals surface area contributed by atoms with Crippen LogP contribution in [0.5, 0.6) is 11.5 Å². The molecule has 0 bridgehead atoms. The van der Waals surface area contributed by atoms with E-state index >= 15 is 0 Å². The Bertz CT molecular complexity index is 686. The van der Waals surface area contributed by atoms with Gasteiger partial charge in [-0.3, -0.25) is 0 Å². The average molecular weight is 371 g/mol. The normalized spacial score (nSPS) is 13.9. The highest BCUT2D eigenvalue weighted by Crippen LogP contribution is 2.40. The van der Waals surface area contributed by atoms with E-state index in [1.807, 2.05) is 13.0 Å². The fraction of sp³-hybridized carbons (Fsp3) is 0.286. The number of rotatable bonds is 1. The summed E-state index contributed by atoms with van der Waals surface area (Å²) in [5, 5.41) is 0.479. The Balaban J connectivity index is 2.11. The summed E-state index contributed by atoms with van der Waals surface area (Å²) in [6.07, 6.45) is 0.821. The lowest BCUT2D eigenvalue weighted by molar-refractivity contribution is 0.297. The Labute approximate surface area is 135 Å². The van der Waals surface area contributed by atoms with Gasteiger partial charge in [0, 0.05) is 12.0 Å². The van der Waals surface area contributed by atoms with Gasteiger partial charge in [0.05, 0.1) is 28.4 Å². The average Bonchev–Trinajstić information content (AvgIpc) is 2.69. The zero-order valence-corrected chi connectivity index (χ0v) is 13.7. The minimum absolute atomic E-state index is 0.390. The van der Waals surface area contributed by atoms with Gasteiger partial charge in [0.2, 0.25) is 0 Å². The lowest BCUT2D eigenvalue weighted by Crippen LogP contribution is -2.01. The molecule has 0 saturated heterocycles. The number of nitrogens with two attached hydrogens (primary N) is 1. The lowest BCUT2D eigenvalue weighted by Gasteiger charge is -2.12. The van der Waals surface area contributed by atoms with Crippen LogP contribution in [0.15, 0.2) is 16.6 Å². The molecule has 5 nitrogen and oxygen atoms in total. The zero-order chi connectivity index (χ0) is 15.0. The van der Waals surface area contributed by atoms with Crippen molar-refractivity contribution in [3.8, 4) is 22.9 Å². The van der Waals surface area contributed by atoms with Gasteiger partial charge in [-0.05, 0) is 35.0 Å². The van der Waals surface area contributed by atoms with Crippen molar-refractivity contribution in [2.24, 2.45) is 0 Å². The van der Waals surface area contributed by atoms with Crippen molar-refractivity contribution in [1.82, 2.24) is 9.97 Å². The second kappa shape index (κ2) is 5.69. The summed E-state index contributed by atoms with van der Waals surface area (Å²) in [5.74, 6) is 2.07. The third kappa shape index (κ3) is 2.78. The monoisotopic (exact) mass is 369 g/mol. The number of hydrogen-bond donors (Lipinski definition) is 1.